The maximum Gasteiger partial charge on any atom is 0.407 e. The molecule has 0 spiro atoms. The summed E-state index contributed by atoms with van der Waals surface area (Å²) >= 11 is 0. The molecule has 7 nitrogen and oxygen atoms in total. The van der Waals surface area contributed by atoms with Crippen LogP contribution in [-0.2, 0) is 10.3 Å². The molecule has 1 amide bonds. The van der Waals surface area contributed by atoms with Gasteiger partial charge < -0.3 is 14.8 Å². The number of nitrogens with one attached hydrogen (secondary N) is 1. The van der Waals surface area contributed by atoms with Crippen LogP contribution in [0.1, 0.15) is 37.5 Å². The number of halogens is 1. The molecule has 0 atom stereocenters. The van der Waals surface area contributed by atoms with Crippen LogP contribution in [0.25, 0.3) is 11.3 Å². The normalized spacial score (nSPS) is 12.0. The van der Waals surface area contributed by atoms with E-state index in [4.69, 9.17) is 9.47 Å². The number of hydrogen-bond acceptors (Lipinski definition) is 5. The standard InChI is InChI=1S/C36H35FN4O3/c1-35(2,3)44-34(42)38-24-27(23-37)26-43-32-21-19-28(20-22-32)33-25-39-40-41(33)36(29-13-7-4-8-14-29,30-15-9-5-10-16-30)31-17-11-6-12-18-31/h4-23,25H,24,26H2,1-3H3,(H,38,42). The van der Waals surface area contributed by atoms with Gasteiger partial charge in [0, 0.05) is 17.7 Å². The van der Waals surface area contributed by atoms with Gasteiger partial charge in [-0.25, -0.2) is 13.9 Å². The predicted molar refractivity (Wildman–Crippen MR) is 169 cm³/mol. The molecule has 4 aromatic carbocycles. The van der Waals surface area contributed by atoms with E-state index in [1.165, 1.54) is 0 Å². The SMILES string of the molecule is CC(C)(C)OC(=O)NCC(=CF)COc1ccc(-c2cnnn2C(c2ccccc2)(c2ccccc2)c2ccccc2)cc1. The average molecular weight is 591 g/mol. The van der Waals surface area contributed by atoms with Crippen LogP contribution in [0, 0.1) is 0 Å². The number of carbonyl (C=O) groups excluding carboxylic acids is 1. The van der Waals surface area contributed by atoms with E-state index in [9.17, 15) is 9.18 Å². The molecule has 0 aliphatic carbocycles. The second-order valence-corrected chi connectivity index (χ2v) is 11.3. The smallest absolute Gasteiger partial charge is 0.407 e. The molecule has 224 valence electrons. The third kappa shape index (κ3) is 6.70. The molecule has 1 heterocycles. The van der Waals surface area contributed by atoms with E-state index in [2.05, 4.69) is 52.0 Å². The fraction of sp³-hybridized carbons (Fsp3) is 0.194. The summed E-state index contributed by atoms with van der Waals surface area (Å²) in [4.78, 5) is 11.9. The van der Waals surface area contributed by atoms with Crippen molar-refractivity contribution in [1.29, 1.82) is 0 Å². The van der Waals surface area contributed by atoms with E-state index < -0.39 is 17.2 Å². The van der Waals surface area contributed by atoms with Crippen LogP contribution in [0.5, 0.6) is 5.75 Å². The first-order valence-electron chi connectivity index (χ1n) is 14.4. The highest BCUT2D eigenvalue weighted by molar-refractivity contribution is 5.68. The molecule has 5 rings (SSSR count). The summed E-state index contributed by atoms with van der Waals surface area (Å²) in [6, 6.07) is 38.3. The van der Waals surface area contributed by atoms with Crippen molar-refractivity contribution in [2.24, 2.45) is 0 Å². The summed E-state index contributed by atoms with van der Waals surface area (Å²) in [5.41, 5.74) is 3.60. The molecule has 0 radical (unpaired) electrons. The Balaban J connectivity index is 1.44. The van der Waals surface area contributed by atoms with E-state index in [0.717, 1.165) is 27.9 Å². The Morgan fingerprint density at radius 1 is 0.818 bits per heavy atom. The minimum Gasteiger partial charge on any atom is -0.489 e. The molecule has 0 bridgehead atoms. The van der Waals surface area contributed by atoms with Crippen LogP contribution in [-0.4, -0.2) is 39.8 Å². The lowest BCUT2D eigenvalue weighted by Gasteiger charge is -2.37. The Bertz CT molecular complexity index is 1580. The zero-order valence-corrected chi connectivity index (χ0v) is 25.0. The highest BCUT2D eigenvalue weighted by Crippen LogP contribution is 2.42. The lowest BCUT2D eigenvalue weighted by atomic mass is 9.76. The van der Waals surface area contributed by atoms with Crippen molar-refractivity contribution in [3.63, 3.8) is 0 Å². The fourth-order valence-corrected chi connectivity index (χ4v) is 5.10. The molecular weight excluding hydrogens is 555 g/mol. The Morgan fingerprint density at radius 2 is 1.34 bits per heavy atom. The van der Waals surface area contributed by atoms with Crippen LogP contribution >= 0.6 is 0 Å². The number of carbonyl (C=O) groups is 1. The first-order valence-corrected chi connectivity index (χ1v) is 14.4. The van der Waals surface area contributed by atoms with Crippen molar-refractivity contribution in [2.45, 2.75) is 31.9 Å². The fourth-order valence-electron chi connectivity index (χ4n) is 5.10. The number of amides is 1. The number of rotatable bonds is 10. The van der Waals surface area contributed by atoms with Gasteiger partial charge in [-0.2, -0.15) is 0 Å². The highest BCUT2D eigenvalue weighted by atomic mass is 19.1. The van der Waals surface area contributed by atoms with Gasteiger partial charge in [-0.1, -0.05) is 96.2 Å². The van der Waals surface area contributed by atoms with Gasteiger partial charge in [0.1, 0.15) is 23.5 Å². The van der Waals surface area contributed by atoms with E-state index in [-0.39, 0.29) is 18.7 Å². The van der Waals surface area contributed by atoms with Gasteiger partial charge in [-0.05, 0) is 61.7 Å². The van der Waals surface area contributed by atoms with Gasteiger partial charge in [0.15, 0.2) is 0 Å². The van der Waals surface area contributed by atoms with Gasteiger partial charge in [0.25, 0.3) is 0 Å². The van der Waals surface area contributed by atoms with Gasteiger partial charge in [-0.3, -0.25) is 0 Å². The Kier molecular flexibility index (Phi) is 9.19. The Hall–Kier alpha value is -5.24. The maximum absolute atomic E-state index is 13.5. The van der Waals surface area contributed by atoms with Crippen molar-refractivity contribution in [3.8, 4) is 17.0 Å². The minimum atomic E-state index is -0.813. The summed E-state index contributed by atoms with van der Waals surface area (Å²) in [6.07, 6.45) is 1.57. The van der Waals surface area contributed by atoms with Gasteiger partial charge in [0.2, 0.25) is 0 Å². The van der Waals surface area contributed by atoms with E-state index in [1.807, 2.05) is 83.5 Å². The van der Waals surface area contributed by atoms with Gasteiger partial charge >= 0.3 is 6.09 Å². The van der Waals surface area contributed by atoms with Crippen molar-refractivity contribution in [2.75, 3.05) is 13.2 Å². The van der Waals surface area contributed by atoms with Crippen LogP contribution in [0.3, 0.4) is 0 Å². The minimum absolute atomic E-state index is 0.0328. The quantitative estimate of drug-likeness (QED) is 0.170. The molecule has 0 fully saturated rings. The lowest BCUT2D eigenvalue weighted by Crippen LogP contribution is -2.39. The zero-order valence-electron chi connectivity index (χ0n) is 25.0. The monoisotopic (exact) mass is 590 g/mol. The Labute approximate surface area is 257 Å². The molecule has 0 aliphatic rings. The molecule has 5 aromatic rings. The highest BCUT2D eigenvalue weighted by Gasteiger charge is 2.41. The van der Waals surface area contributed by atoms with E-state index in [1.54, 1.807) is 27.0 Å². The molecule has 0 aliphatic heterocycles. The van der Waals surface area contributed by atoms with Crippen molar-refractivity contribution < 1.29 is 18.7 Å². The van der Waals surface area contributed by atoms with Gasteiger partial charge in [0.05, 0.1) is 18.2 Å². The average Bonchev–Trinajstić information content (AvgIpc) is 3.53. The molecule has 8 heteroatoms. The number of ether oxygens (including phenoxy) is 2. The molecule has 1 aromatic heterocycles. The van der Waals surface area contributed by atoms with Gasteiger partial charge in [-0.15, -0.1) is 5.10 Å². The topological polar surface area (TPSA) is 78.3 Å². The molecule has 0 saturated carbocycles. The van der Waals surface area contributed by atoms with Crippen molar-refractivity contribution >= 4 is 6.09 Å². The summed E-state index contributed by atoms with van der Waals surface area (Å²) < 4.78 is 26.5. The molecular formula is C36H35FN4O3. The summed E-state index contributed by atoms with van der Waals surface area (Å²) in [5, 5.41) is 11.6. The lowest BCUT2D eigenvalue weighted by molar-refractivity contribution is 0.0531. The van der Waals surface area contributed by atoms with Crippen molar-refractivity contribution in [3.05, 3.63) is 150 Å². The van der Waals surface area contributed by atoms with Crippen LogP contribution in [0.15, 0.2) is 133 Å². The second kappa shape index (κ2) is 13.4. The first-order chi connectivity index (χ1) is 21.3. The first kappa shape index (κ1) is 30.2. The van der Waals surface area contributed by atoms with Crippen LogP contribution in [0.4, 0.5) is 9.18 Å². The third-order valence-corrected chi connectivity index (χ3v) is 7.03. The largest absolute Gasteiger partial charge is 0.489 e. The molecule has 0 unspecified atom stereocenters. The number of alkyl carbamates (subject to hydrolysis) is 1. The number of hydrogen-bond donors (Lipinski definition) is 1. The van der Waals surface area contributed by atoms with Crippen LogP contribution in [0.2, 0.25) is 0 Å². The van der Waals surface area contributed by atoms with E-state index >= 15 is 0 Å². The molecule has 0 saturated heterocycles. The summed E-state index contributed by atoms with van der Waals surface area (Å²) in [6.45, 7) is 5.22. The summed E-state index contributed by atoms with van der Waals surface area (Å²) in [5.74, 6) is 0.546. The van der Waals surface area contributed by atoms with Crippen LogP contribution < -0.4 is 10.1 Å². The predicted octanol–water partition coefficient (Wildman–Crippen LogP) is 7.54. The second-order valence-electron chi connectivity index (χ2n) is 11.3. The Morgan fingerprint density at radius 3 is 1.82 bits per heavy atom. The number of benzene rings is 4. The number of nitrogens with zero attached hydrogens (tertiary/aromatic N) is 3. The third-order valence-electron chi connectivity index (χ3n) is 7.03. The molecule has 1 N–H and O–H groups in total. The van der Waals surface area contributed by atoms with E-state index in [0.29, 0.717) is 12.1 Å². The summed E-state index contributed by atoms with van der Waals surface area (Å²) in [7, 11) is 0. The maximum atomic E-state index is 13.5. The number of aromatic nitrogens is 3. The zero-order chi connectivity index (χ0) is 31.0. The van der Waals surface area contributed by atoms with Crippen molar-refractivity contribution in [1.82, 2.24) is 20.3 Å². The molecule has 44 heavy (non-hydrogen) atoms.